The van der Waals surface area contributed by atoms with Crippen LogP contribution in [-0.2, 0) is 11.2 Å². The van der Waals surface area contributed by atoms with Crippen LogP contribution in [0.2, 0.25) is 0 Å². The van der Waals surface area contributed by atoms with E-state index in [1.165, 1.54) is 0 Å². The summed E-state index contributed by atoms with van der Waals surface area (Å²) < 4.78 is 0. The van der Waals surface area contributed by atoms with Gasteiger partial charge in [-0.25, -0.2) is 0 Å². The number of nitrogens with zero attached hydrogens (tertiary/aromatic N) is 1. The molecule has 4 heteroatoms. The van der Waals surface area contributed by atoms with Gasteiger partial charge in [0.05, 0.1) is 6.42 Å². The van der Waals surface area contributed by atoms with Crippen molar-refractivity contribution in [3.05, 3.63) is 29.8 Å². The molecule has 1 aromatic rings. The largest absolute Gasteiger partial charge is 0.508 e. The van der Waals surface area contributed by atoms with Gasteiger partial charge in [-0.15, -0.1) is 0 Å². The van der Waals surface area contributed by atoms with E-state index >= 15 is 0 Å². The predicted octanol–water partition coefficient (Wildman–Crippen LogP) is 0.884. The van der Waals surface area contributed by atoms with E-state index in [1.54, 1.807) is 18.2 Å². The quantitative estimate of drug-likeness (QED) is 0.798. The van der Waals surface area contributed by atoms with Crippen LogP contribution in [0.3, 0.4) is 0 Å². The Labute approximate surface area is 101 Å². The average Bonchev–Trinajstić information content (AvgIpc) is 2.33. The number of para-hydroxylation sites is 1. The molecule has 1 amide bonds. The van der Waals surface area contributed by atoms with Crippen molar-refractivity contribution in [1.82, 2.24) is 4.90 Å². The summed E-state index contributed by atoms with van der Waals surface area (Å²) in [5.74, 6) is 0.257. The van der Waals surface area contributed by atoms with Gasteiger partial charge in [0.1, 0.15) is 5.75 Å². The Hall–Kier alpha value is -1.55. The molecule has 0 saturated carbocycles. The molecule has 1 fully saturated rings. The van der Waals surface area contributed by atoms with Gasteiger partial charge in [0.25, 0.3) is 0 Å². The average molecular weight is 234 g/mol. The fraction of sp³-hybridized carbons (Fsp3) is 0.462. The molecule has 3 N–H and O–H groups in total. The summed E-state index contributed by atoms with van der Waals surface area (Å²) in [5.41, 5.74) is 6.48. The molecule has 2 rings (SSSR count). The molecule has 0 aliphatic carbocycles. The fourth-order valence-corrected chi connectivity index (χ4v) is 2.08. The second-order valence-electron chi connectivity index (χ2n) is 4.52. The minimum Gasteiger partial charge on any atom is -0.508 e. The summed E-state index contributed by atoms with van der Waals surface area (Å²) in [5, 5.41) is 9.61. The summed E-state index contributed by atoms with van der Waals surface area (Å²) >= 11 is 0. The molecule has 0 radical (unpaired) electrons. The molecule has 92 valence electrons. The van der Waals surface area contributed by atoms with Gasteiger partial charge < -0.3 is 15.7 Å². The number of phenols is 1. The van der Waals surface area contributed by atoms with Crippen LogP contribution >= 0.6 is 0 Å². The highest BCUT2D eigenvalue weighted by atomic mass is 16.3. The van der Waals surface area contributed by atoms with Crippen LogP contribution in [0.25, 0.3) is 0 Å². The second kappa shape index (κ2) is 5.19. The number of likely N-dealkylation sites (tertiary alicyclic amines) is 1. The minimum absolute atomic E-state index is 0.0680. The third-order valence-electron chi connectivity index (χ3n) is 3.23. The summed E-state index contributed by atoms with van der Waals surface area (Å²) in [7, 11) is 0. The van der Waals surface area contributed by atoms with Crippen molar-refractivity contribution in [2.75, 3.05) is 13.1 Å². The van der Waals surface area contributed by atoms with Gasteiger partial charge in [0.2, 0.25) is 5.91 Å². The first-order valence-corrected chi connectivity index (χ1v) is 5.97. The molecule has 0 atom stereocenters. The van der Waals surface area contributed by atoms with Crippen molar-refractivity contribution in [3.63, 3.8) is 0 Å². The van der Waals surface area contributed by atoms with E-state index in [0.29, 0.717) is 5.56 Å². The van der Waals surface area contributed by atoms with Crippen LogP contribution in [0.4, 0.5) is 0 Å². The normalized spacial score (nSPS) is 17.1. The number of amides is 1. The zero-order valence-electron chi connectivity index (χ0n) is 9.80. The van der Waals surface area contributed by atoms with E-state index in [0.717, 1.165) is 25.9 Å². The maximum absolute atomic E-state index is 12.0. The molecular formula is C13H18N2O2. The van der Waals surface area contributed by atoms with Crippen molar-refractivity contribution in [1.29, 1.82) is 0 Å². The van der Waals surface area contributed by atoms with Crippen molar-refractivity contribution in [3.8, 4) is 5.75 Å². The van der Waals surface area contributed by atoms with Crippen molar-refractivity contribution < 1.29 is 9.90 Å². The van der Waals surface area contributed by atoms with Crippen molar-refractivity contribution in [2.24, 2.45) is 5.73 Å². The molecule has 1 saturated heterocycles. The Morgan fingerprint density at radius 3 is 2.65 bits per heavy atom. The predicted molar refractivity (Wildman–Crippen MR) is 65.6 cm³/mol. The van der Waals surface area contributed by atoms with Crippen molar-refractivity contribution in [2.45, 2.75) is 25.3 Å². The van der Waals surface area contributed by atoms with Gasteiger partial charge in [-0.3, -0.25) is 4.79 Å². The van der Waals surface area contributed by atoms with E-state index in [9.17, 15) is 9.90 Å². The molecule has 0 spiro atoms. The van der Waals surface area contributed by atoms with Gasteiger partial charge in [0.15, 0.2) is 0 Å². The third kappa shape index (κ3) is 2.97. The summed E-state index contributed by atoms with van der Waals surface area (Å²) in [4.78, 5) is 13.8. The van der Waals surface area contributed by atoms with Gasteiger partial charge in [-0.05, 0) is 18.9 Å². The first-order valence-electron chi connectivity index (χ1n) is 5.97. The van der Waals surface area contributed by atoms with Crippen LogP contribution in [0.1, 0.15) is 18.4 Å². The van der Waals surface area contributed by atoms with Crippen LogP contribution in [-0.4, -0.2) is 35.0 Å². The van der Waals surface area contributed by atoms with Gasteiger partial charge >= 0.3 is 0 Å². The topological polar surface area (TPSA) is 66.6 Å². The highest BCUT2D eigenvalue weighted by molar-refractivity contribution is 5.79. The molecular weight excluding hydrogens is 216 g/mol. The number of phenolic OH excluding ortho intramolecular Hbond substituents is 1. The number of carbonyl (C=O) groups excluding carboxylic acids is 1. The maximum Gasteiger partial charge on any atom is 0.227 e. The van der Waals surface area contributed by atoms with E-state index in [2.05, 4.69) is 0 Å². The lowest BCUT2D eigenvalue weighted by molar-refractivity contribution is -0.131. The van der Waals surface area contributed by atoms with Crippen LogP contribution in [0.5, 0.6) is 5.75 Å². The Morgan fingerprint density at radius 1 is 1.35 bits per heavy atom. The highest BCUT2D eigenvalue weighted by Crippen LogP contribution is 2.18. The van der Waals surface area contributed by atoms with Crippen LogP contribution in [0, 0.1) is 0 Å². The SMILES string of the molecule is NC1CCN(C(=O)Cc2ccccc2O)CC1. The first kappa shape index (κ1) is 11.9. The number of hydrogen-bond donors (Lipinski definition) is 2. The summed E-state index contributed by atoms with van der Waals surface area (Å²) in [6.07, 6.45) is 2.00. The number of benzene rings is 1. The molecule has 1 heterocycles. The lowest BCUT2D eigenvalue weighted by Gasteiger charge is -2.30. The summed E-state index contributed by atoms with van der Waals surface area (Å²) in [6.45, 7) is 1.46. The number of rotatable bonds is 2. The van der Waals surface area contributed by atoms with E-state index in [-0.39, 0.29) is 24.1 Å². The zero-order chi connectivity index (χ0) is 12.3. The minimum atomic E-state index is 0.0680. The standard InChI is InChI=1S/C13H18N2O2/c14-11-5-7-15(8-6-11)13(17)9-10-3-1-2-4-12(10)16/h1-4,11,16H,5-9,14H2. The molecule has 0 aromatic heterocycles. The molecule has 1 aliphatic heterocycles. The van der Waals surface area contributed by atoms with Gasteiger partial charge in [-0.1, -0.05) is 18.2 Å². The lowest BCUT2D eigenvalue weighted by atomic mass is 10.0. The van der Waals surface area contributed by atoms with Crippen LogP contribution in [0.15, 0.2) is 24.3 Å². The Morgan fingerprint density at radius 2 is 2.00 bits per heavy atom. The monoisotopic (exact) mass is 234 g/mol. The van der Waals surface area contributed by atoms with E-state index < -0.39 is 0 Å². The third-order valence-corrected chi connectivity index (χ3v) is 3.23. The summed E-state index contributed by atoms with van der Waals surface area (Å²) in [6, 6.07) is 7.19. The van der Waals surface area contributed by atoms with Gasteiger partial charge in [0, 0.05) is 24.7 Å². The Bertz CT molecular complexity index is 398. The maximum atomic E-state index is 12.0. The molecule has 1 aromatic carbocycles. The lowest BCUT2D eigenvalue weighted by Crippen LogP contribution is -2.43. The van der Waals surface area contributed by atoms with Crippen molar-refractivity contribution >= 4 is 5.91 Å². The van der Waals surface area contributed by atoms with E-state index in [1.807, 2.05) is 11.0 Å². The molecule has 4 nitrogen and oxygen atoms in total. The fourth-order valence-electron chi connectivity index (χ4n) is 2.08. The second-order valence-corrected chi connectivity index (χ2v) is 4.52. The van der Waals surface area contributed by atoms with Gasteiger partial charge in [-0.2, -0.15) is 0 Å². The highest BCUT2D eigenvalue weighted by Gasteiger charge is 2.21. The number of aromatic hydroxyl groups is 1. The Balaban J connectivity index is 1.95. The number of nitrogens with two attached hydrogens (primary N) is 1. The molecule has 17 heavy (non-hydrogen) atoms. The number of hydrogen-bond acceptors (Lipinski definition) is 3. The number of carbonyl (C=O) groups is 1. The van der Waals surface area contributed by atoms with Crippen LogP contribution < -0.4 is 5.73 Å². The smallest absolute Gasteiger partial charge is 0.227 e. The van der Waals surface area contributed by atoms with E-state index in [4.69, 9.17) is 5.73 Å². The zero-order valence-corrected chi connectivity index (χ0v) is 9.80. The Kier molecular flexibility index (Phi) is 3.64. The molecule has 1 aliphatic rings. The number of piperidine rings is 1. The first-order chi connectivity index (χ1) is 8.16. The molecule has 0 unspecified atom stereocenters. The molecule has 0 bridgehead atoms.